The van der Waals surface area contributed by atoms with E-state index in [-0.39, 0.29) is 20.7 Å². The molecule has 0 bridgehead atoms. The van der Waals surface area contributed by atoms with Crippen molar-refractivity contribution in [1.29, 1.82) is 0 Å². The molecule has 7 heteroatoms. The number of hydrogen-bond acceptors (Lipinski definition) is 4. The molecule has 0 aliphatic rings. The molecule has 0 saturated carbocycles. The van der Waals surface area contributed by atoms with Crippen molar-refractivity contribution in [2.75, 3.05) is 12.0 Å². The van der Waals surface area contributed by atoms with Crippen molar-refractivity contribution in [2.24, 2.45) is 0 Å². The molecule has 0 saturated heterocycles. The molecular formula is C13H11Cl2NO3S. The maximum Gasteiger partial charge on any atom is 0.175 e. The van der Waals surface area contributed by atoms with E-state index in [4.69, 9.17) is 33.7 Å². The third-order valence-corrected chi connectivity index (χ3v) is 4.15. The predicted octanol–water partition coefficient (Wildman–Crippen LogP) is 3.77. The van der Waals surface area contributed by atoms with Gasteiger partial charge in [-0.25, -0.2) is 8.42 Å². The van der Waals surface area contributed by atoms with Crippen LogP contribution in [0.2, 0.25) is 10.0 Å². The summed E-state index contributed by atoms with van der Waals surface area (Å²) in [7, 11) is -3.31. The summed E-state index contributed by atoms with van der Waals surface area (Å²) in [6, 6.07) is 9.07. The number of anilines is 1. The van der Waals surface area contributed by atoms with Gasteiger partial charge in [0.1, 0.15) is 5.75 Å². The third kappa shape index (κ3) is 3.36. The van der Waals surface area contributed by atoms with Gasteiger partial charge in [0.05, 0.1) is 14.9 Å². The summed E-state index contributed by atoms with van der Waals surface area (Å²) in [5.41, 5.74) is 6.01. The van der Waals surface area contributed by atoms with Gasteiger partial charge in [-0.15, -0.1) is 0 Å². The number of nitrogen functional groups attached to an aromatic ring is 1. The van der Waals surface area contributed by atoms with Crippen LogP contribution >= 0.6 is 23.2 Å². The van der Waals surface area contributed by atoms with E-state index in [0.717, 1.165) is 6.26 Å². The zero-order valence-electron chi connectivity index (χ0n) is 10.4. The van der Waals surface area contributed by atoms with Crippen LogP contribution in [-0.4, -0.2) is 14.7 Å². The minimum absolute atomic E-state index is 0.151. The van der Waals surface area contributed by atoms with E-state index in [1.807, 2.05) is 0 Å². The van der Waals surface area contributed by atoms with Crippen molar-refractivity contribution in [3.8, 4) is 11.5 Å². The summed E-state index contributed by atoms with van der Waals surface area (Å²) < 4.78 is 28.5. The Labute approximate surface area is 127 Å². The van der Waals surface area contributed by atoms with Crippen molar-refractivity contribution in [2.45, 2.75) is 4.90 Å². The first kappa shape index (κ1) is 15.0. The van der Waals surface area contributed by atoms with Gasteiger partial charge >= 0.3 is 0 Å². The summed E-state index contributed by atoms with van der Waals surface area (Å²) >= 11 is 12.0. The maximum atomic E-state index is 11.5. The molecule has 0 atom stereocenters. The van der Waals surface area contributed by atoms with Gasteiger partial charge in [0.2, 0.25) is 0 Å². The Hall–Kier alpha value is -1.43. The average molecular weight is 332 g/mol. The van der Waals surface area contributed by atoms with Crippen LogP contribution in [0, 0.1) is 0 Å². The molecular weight excluding hydrogens is 321 g/mol. The van der Waals surface area contributed by atoms with Gasteiger partial charge in [0, 0.05) is 11.9 Å². The van der Waals surface area contributed by atoms with Crippen LogP contribution in [0.4, 0.5) is 5.69 Å². The smallest absolute Gasteiger partial charge is 0.175 e. The highest BCUT2D eigenvalue weighted by molar-refractivity contribution is 7.90. The highest BCUT2D eigenvalue weighted by Gasteiger charge is 2.12. The first-order valence-corrected chi connectivity index (χ1v) is 8.14. The highest BCUT2D eigenvalue weighted by Crippen LogP contribution is 2.38. The summed E-state index contributed by atoms with van der Waals surface area (Å²) in [5, 5.41) is 0.500. The highest BCUT2D eigenvalue weighted by atomic mass is 35.5. The second kappa shape index (κ2) is 5.52. The van der Waals surface area contributed by atoms with Crippen LogP contribution in [0.15, 0.2) is 41.3 Å². The topological polar surface area (TPSA) is 69.4 Å². The molecule has 4 nitrogen and oxygen atoms in total. The number of benzene rings is 2. The Kier molecular flexibility index (Phi) is 4.13. The minimum atomic E-state index is -3.31. The normalized spacial score (nSPS) is 11.3. The first-order chi connectivity index (χ1) is 9.27. The molecule has 0 radical (unpaired) electrons. The van der Waals surface area contributed by atoms with Crippen LogP contribution in [0.3, 0.4) is 0 Å². The zero-order chi connectivity index (χ0) is 14.9. The average Bonchev–Trinajstić information content (AvgIpc) is 2.33. The molecule has 0 spiro atoms. The van der Waals surface area contributed by atoms with Crippen molar-refractivity contribution in [1.82, 2.24) is 0 Å². The standard InChI is InChI=1S/C13H11Cl2NO3S/c1-20(17,18)10-4-2-3-9(7-10)19-13-11(14)5-8(16)6-12(13)15/h2-7H,16H2,1H3. The zero-order valence-corrected chi connectivity index (χ0v) is 12.8. The molecule has 106 valence electrons. The van der Waals surface area contributed by atoms with Gasteiger partial charge in [-0.2, -0.15) is 0 Å². The summed E-state index contributed by atoms with van der Waals surface area (Å²) in [6.07, 6.45) is 1.12. The van der Waals surface area contributed by atoms with Gasteiger partial charge in [0.25, 0.3) is 0 Å². The van der Waals surface area contributed by atoms with Crippen molar-refractivity contribution in [3.63, 3.8) is 0 Å². The van der Waals surface area contributed by atoms with Crippen molar-refractivity contribution >= 4 is 38.7 Å². The third-order valence-electron chi connectivity index (χ3n) is 2.47. The lowest BCUT2D eigenvalue weighted by molar-refractivity contribution is 0.481. The fourth-order valence-corrected chi connectivity index (χ4v) is 2.80. The van der Waals surface area contributed by atoms with E-state index in [9.17, 15) is 8.42 Å². The molecule has 2 N–H and O–H groups in total. The van der Waals surface area contributed by atoms with Gasteiger partial charge in [-0.3, -0.25) is 0 Å². The Balaban J connectivity index is 2.41. The fraction of sp³-hybridized carbons (Fsp3) is 0.0769. The maximum absolute atomic E-state index is 11.5. The van der Waals surface area contributed by atoms with E-state index in [1.165, 1.54) is 24.3 Å². The second-order valence-corrected chi connectivity index (χ2v) is 6.99. The number of nitrogens with two attached hydrogens (primary N) is 1. The Morgan fingerprint density at radius 2 is 1.70 bits per heavy atom. The van der Waals surface area contributed by atoms with Gasteiger partial charge in [-0.05, 0) is 30.3 Å². The van der Waals surface area contributed by atoms with Crippen LogP contribution in [0.1, 0.15) is 0 Å². The monoisotopic (exact) mass is 331 g/mol. The molecule has 0 amide bonds. The Bertz CT molecular complexity index is 737. The largest absolute Gasteiger partial charge is 0.454 e. The minimum Gasteiger partial charge on any atom is -0.454 e. The lowest BCUT2D eigenvalue weighted by Gasteiger charge is -2.11. The van der Waals surface area contributed by atoms with Crippen molar-refractivity contribution in [3.05, 3.63) is 46.4 Å². The number of hydrogen-bond donors (Lipinski definition) is 1. The van der Waals surface area contributed by atoms with Gasteiger partial charge in [0.15, 0.2) is 15.6 Å². The van der Waals surface area contributed by atoms with Crippen LogP contribution in [0.25, 0.3) is 0 Å². The molecule has 20 heavy (non-hydrogen) atoms. The molecule has 0 aliphatic heterocycles. The number of ether oxygens (including phenoxy) is 1. The summed E-state index contributed by atoms with van der Waals surface area (Å²) in [4.78, 5) is 0.151. The molecule has 0 unspecified atom stereocenters. The predicted molar refractivity (Wildman–Crippen MR) is 80.5 cm³/mol. The van der Waals surface area contributed by atoms with Gasteiger partial charge in [-0.1, -0.05) is 29.3 Å². The van der Waals surface area contributed by atoms with E-state index >= 15 is 0 Å². The summed E-state index contributed by atoms with van der Waals surface area (Å²) in [5.74, 6) is 0.551. The molecule has 2 rings (SSSR count). The van der Waals surface area contributed by atoms with Crippen molar-refractivity contribution < 1.29 is 13.2 Å². The molecule has 0 heterocycles. The quantitative estimate of drug-likeness (QED) is 0.869. The summed E-state index contributed by atoms with van der Waals surface area (Å²) in [6.45, 7) is 0. The van der Waals surface area contributed by atoms with Crippen LogP contribution in [0.5, 0.6) is 11.5 Å². The Morgan fingerprint density at radius 1 is 1.10 bits per heavy atom. The number of halogens is 2. The lowest BCUT2D eigenvalue weighted by Crippen LogP contribution is -1.97. The van der Waals surface area contributed by atoms with Crippen LogP contribution < -0.4 is 10.5 Å². The first-order valence-electron chi connectivity index (χ1n) is 5.50. The SMILES string of the molecule is CS(=O)(=O)c1cccc(Oc2c(Cl)cc(N)cc2Cl)c1. The molecule has 2 aromatic rings. The van der Waals surface area contributed by atoms with Crippen LogP contribution in [-0.2, 0) is 9.84 Å². The van der Waals surface area contributed by atoms with E-state index in [0.29, 0.717) is 11.4 Å². The fourth-order valence-electron chi connectivity index (χ4n) is 1.56. The van der Waals surface area contributed by atoms with E-state index < -0.39 is 9.84 Å². The lowest BCUT2D eigenvalue weighted by atomic mass is 10.3. The molecule has 2 aromatic carbocycles. The number of sulfone groups is 1. The molecule has 0 fully saturated rings. The second-order valence-electron chi connectivity index (χ2n) is 4.16. The van der Waals surface area contributed by atoms with E-state index in [2.05, 4.69) is 0 Å². The number of rotatable bonds is 3. The molecule has 0 aliphatic carbocycles. The van der Waals surface area contributed by atoms with E-state index in [1.54, 1.807) is 12.1 Å². The Morgan fingerprint density at radius 3 is 2.25 bits per heavy atom. The van der Waals surface area contributed by atoms with Gasteiger partial charge < -0.3 is 10.5 Å². The molecule has 0 aromatic heterocycles.